The van der Waals surface area contributed by atoms with Crippen LogP contribution in [0.4, 0.5) is 10.5 Å². The maximum Gasteiger partial charge on any atom is 0.412 e. The van der Waals surface area contributed by atoms with Crippen molar-refractivity contribution in [1.82, 2.24) is 4.98 Å². The van der Waals surface area contributed by atoms with Gasteiger partial charge in [0.05, 0.1) is 5.52 Å². The van der Waals surface area contributed by atoms with Crippen molar-refractivity contribution in [2.45, 2.75) is 26.4 Å². The third-order valence-electron chi connectivity index (χ3n) is 2.33. The molecule has 2 rings (SSSR count). The van der Waals surface area contributed by atoms with Crippen LogP contribution in [0.15, 0.2) is 34.9 Å². The van der Waals surface area contributed by atoms with Crippen LogP contribution in [-0.4, -0.2) is 16.7 Å². The van der Waals surface area contributed by atoms with Gasteiger partial charge in [-0.25, -0.2) is 4.79 Å². The van der Waals surface area contributed by atoms with E-state index >= 15 is 0 Å². The minimum atomic E-state index is -0.511. The van der Waals surface area contributed by atoms with Crippen LogP contribution in [0, 0.1) is 0 Å². The number of hydrogen-bond acceptors (Lipinski definition) is 3. The Morgan fingerprint density at radius 1 is 1.32 bits per heavy atom. The monoisotopic (exact) mass is 322 g/mol. The second kappa shape index (κ2) is 5.17. The van der Waals surface area contributed by atoms with Gasteiger partial charge in [0.15, 0.2) is 0 Å². The van der Waals surface area contributed by atoms with E-state index < -0.39 is 11.7 Å². The van der Waals surface area contributed by atoms with Gasteiger partial charge in [0, 0.05) is 21.7 Å². The summed E-state index contributed by atoms with van der Waals surface area (Å²) >= 11 is 3.46. The third kappa shape index (κ3) is 3.67. The lowest BCUT2D eigenvalue weighted by molar-refractivity contribution is 0.0636. The number of pyridine rings is 1. The largest absolute Gasteiger partial charge is 0.444 e. The Morgan fingerprint density at radius 3 is 2.74 bits per heavy atom. The van der Waals surface area contributed by atoms with E-state index in [1.807, 2.05) is 39.0 Å². The molecule has 0 fully saturated rings. The van der Waals surface area contributed by atoms with Crippen molar-refractivity contribution < 1.29 is 9.53 Å². The number of anilines is 1. The van der Waals surface area contributed by atoms with Crippen LogP contribution in [0.3, 0.4) is 0 Å². The molecule has 0 bridgehead atoms. The molecule has 0 aliphatic carbocycles. The molecule has 5 heteroatoms. The number of fused-ring (bicyclic) bond motifs is 1. The van der Waals surface area contributed by atoms with Crippen molar-refractivity contribution in [1.29, 1.82) is 0 Å². The molecule has 1 aromatic carbocycles. The topological polar surface area (TPSA) is 51.2 Å². The summed E-state index contributed by atoms with van der Waals surface area (Å²) in [7, 11) is 0. The zero-order valence-corrected chi connectivity index (χ0v) is 12.6. The van der Waals surface area contributed by atoms with E-state index in [1.165, 1.54) is 0 Å². The molecule has 1 N–H and O–H groups in total. The number of hydrogen-bond donors (Lipinski definition) is 1. The molecule has 0 aliphatic heterocycles. The van der Waals surface area contributed by atoms with Crippen LogP contribution in [0.2, 0.25) is 0 Å². The summed E-state index contributed by atoms with van der Waals surface area (Å²) in [4.78, 5) is 15.9. The predicted octanol–water partition coefficient (Wildman–Crippen LogP) is 4.34. The first kappa shape index (κ1) is 13.8. The van der Waals surface area contributed by atoms with Gasteiger partial charge in [-0.05, 0) is 45.0 Å². The van der Waals surface area contributed by atoms with Gasteiger partial charge in [-0.2, -0.15) is 0 Å². The molecule has 1 amide bonds. The highest BCUT2D eigenvalue weighted by Gasteiger charge is 2.16. The van der Waals surface area contributed by atoms with Crippen molar-refractivity contribution >= 4 is 38.6 Å². The lowest BCUT2D eigenvalue weighted by Crippen LogP contribution is -2.27. The summed E-state index contributed by atoms with van der Waals surface area (Å²) in [5, 5.41) is 3.65. The number of benzene rings is 1. The maximum absolute atomic E-state index is 11.7. The number of carbonyl (C=O) groups excluding carboxylic acids is 1. The number of amides is 1. The SMILES string of the molecule is CC(C)(C)OC(=O)Nc1ccc2nccc(Br)c2c1. The Bertz CT molecular complexity index is 620. The Kier molecular flexibility index (Phi) is 3.75. The van der Waals surface area contributed by atoms with E-state index in [0.717, 1.165) is 15.4 Å². The second-order valence-electron chi connectivity index (χ2n) is 5.15. The summed E-state index contributed by atoms with van der Waals surface area (Å²) in [5.41, 5.74) is 1.03. The predicted molar refractivity (Wildman–Crippen MR) is 79.3 cm³/mol. The fourth-order valence-corrected chi connectivity index (χ4v) is 2.05. The highest BCUT2D eigenvalue weighted by Crippen LogP contribution is 2.25. The van der Waals surface area contributed by atoms with Crippen LogP contribution in [0.1, 0.15) is 20.8 Å². The van der Waals surface area contributed by atoms with Gasteiger partial charge in [-0.15, -0.1) is 0 Å². The minimum Gasteiger partial charge on any atom is -0.444 e. The number of carbonyl (C=O) groups is 1. The molecule has 0 aliphatic rings. The highest BCUT2D eigenvalue weighted by atomic mass is 79.9. The molecule has 1 heterocycles. The van der Waals surface area contributed by atoms with Gasteiger partial charge in [-0.1, -0.05) is 15.9 Å². The van der Waals surface area contributed by atoms with Gasteiger partial charge in [0.2, 0.25) is 0 Å². The number of nitrogens with one attached hydrogen (secondary N) is 1. The molecule has 0 saturated heterocycles. The third-order valence-corrected chi connectivity index (χ3v) is 3.03. The lowest BCUT2D eigenvalue weighted by Gasteiger charge is -2.19. The highest BCUT2D eigenvalue weighted by molar-refractivity contribution is 9.10. The number of nitrogens with zero attached hydrogens (tertiary/aromatic N) is 1. The molecule has 0 radical (unpaired) electrons. The number of ether oxygens (including phenoxy) is 1. The van der Waals surface area contributed by atoms with E-state index in [2.05, 4.69) is 26.2 Å². The molecule has 100 valence electrons. The zero-order chi connectivity index (χ0) is 14.0. The summed E-state index contributed by atoms with van der Waals surface area (Å²) in [6, 6.07) is 7.37. The molecule has 0 spiro atoms. The van der Waals surface area contributed by atoms with E-state index in [9.17, 15) is 4.79 Å². The summed E-state index contributed by atoms with van der Waals surface area (Å²) in [6.45, 7) is 5.48. The Balaban J connectivity index is 2.22. The van der Waals surface area contributed by atoms with Crippen molar-refractivity contribution in [3.05, 3.63) is 34.9 Å². The normalized spacial score (nSPS) is 11.4. The van der Waals surface area contributed by atoms with Gasteiger partial charge >= 0.3 is 6.09 Å². The van der Waals surface area contributed by atoms with Crippen LogP contribution in [-0.2, 0) is 4.74 Å². The number of halogens is 1. The summed E-state index contributed by atoms with van der Waals surface area (Å²) < 4.78 is 6.14. The quantitative estimate of drug-likeness (QED) is 0.849. The number of rotatable bonds is 1. The van der Waals surface area contributed by atoms with Crippen LogP contribution >= 0.6 is 15.9 Å². The van der Waals surface area contributed by atoms with Crippen LogP contribution in [0.25, 0.3) is 10.9 Å². The summed E-state index contributed by atoms with van der Waals surface area (Å²) in [5.74, 6) is 0. The van der Waals surface area contributed by atoms with Crippen molar-refractivity contribution in [3.8, 4) is 0 Å². The summed E-state index contributed by atoms with van der Waals surface area (Å²) in [6.07, 6.45) is 1.26. The Hall–Kier alpha value is -1.62. The molecule has 1 aromatic heterocycles. The van der Waals surface area contributed by atoms with Crippen LogP contribution in [0.5, 0.6) is 0 Å². The van der Waals surface area contributed by atoms with Gasteiger partial charge in [0.25, 0.3) is 0 Å². The first-order chi connectivity index (χ1) is 8.85. The Labute approximate surface area is 120 Å². The standard InChI is InChI=1S/C14H15BrN2O2/c1-14(2,3)19-13(18)17-9-4-5-12-10(8-9)11(15)6-7-16-12/h4-8H,1-3H3,(H,17,18). The van der Waals surface area contributed by atoms with Crippen LogP contribution < -0.4 is 5.32 Å². The van der Waals surface area contributed by atoms with E-state index in [0.29, 0.717) is 5.69 Å². The van der Waals surface area contributed by atoms with Crippen molar-refractivity contribution in [2.75, 3.05) is 5.32 Å². The second-order valence-corrected chi connectivity index (χ2v) is 6.01. The van der Waals surface area contributed by atoms with Gasteiger partial charge in [0.1, 0.15) is 5.60 Å². The van der Waals surface area contributed by atoms with Gasteiger partial charge in [-0.3, -0.25) is 10.3 Å². The molecule has 2 aromatic rings. The molecule has 19 heavy (non-hydrogen) atoms. The fourth-order valence-electron chi connectivity index (χ4n) is 1.61. The van der Waals surface area contributed by atoms with Crippen molar-refractivity contribution in [2.24, 2.45) is 0 Å². The molecule has 0 saturated carbocycles. The maximum atomic E-state index is 11.7. The van der Waals surface area contributed by atoms with E-state index in [-0.39, 0.29) is 0 Å². The fraction of sp³-hybridized carbons (Fsp3) is 0.286. The van der Waals surface area contributed by atoms with Crippen molar-refractivity contribution in [3.63, 3.8) is 0 Å². The molecule has 4 nitrogen and oxygen atoms in total. The van der Waals surface area contributed by atoms with E-state index in [1.54, 1.807) is 12.3 Å². The average Bonchev–Trinajstić information content (AvgIpc) is 2.27. The molecule has 0 unspecified atom stereocenters. The first-order valence-corrected chi connectivity index (χ1v) is 6.69. The smallest absolute Gasteiger partial charge is 0.412 e. The molecule has 0 atom stereocenters. The molecular weight excluding hydrogens is 308 g/mol. The minimum absolute atomic E-state index is 0.466. The first-order valence-electron chi connectivity index (χ1n) is 5.89. The lowest BCUT2D eigenvalue weighted by atomic mass is 10.2. The average molecular weight is 323 g/mol. The zero-order valence-electron chi connectivity index (χ0n) is 11.0. The molecular formula is C14H15BrN2O2. The van der Waals surface area contributed by atoms with Gasteiger partial charge < -0.3 is 4.74 Å². The van der Waals surface area contributed by atoms with E-state index in [4.69, 9.17) is 4.74 Å². The Morgan fingerprint density at radius 2 is 2.05 bits per heavy atom. The number of aromatic nitrogens is 1.